The van der Waals surface area contributed by atoms with E-state index in [1.807, 2.05) is 38.1 Å². The molecule has 214 valence electrons. The number of rotatable bonds is 11. The maximum absolute atomic E-state index is 13.5. The molecule has 1 aromatic carbocycles. The summed E-state index contributed by atoms with van der Waals surface area (Å²) in [6.07, 6.45) is -0.926. The van der Waals surface area contributed by atoms with Crippen LogP contribution in [-0.4, -0.2) is 89.1 Å². The summed E-state index contributed by atoms with van der Waals surface area (Å²) in [6.45, 7) is 15.9. The molecule has 11 heteroatoms. The molecule has 0 bridgehead atoms. The largest absolute Gasteiger partial charge is 0.493 e. The Hall–Kier alpha value is -1.50. The molecule has 2 amide bonds. The molecule has 2 fully saturated rings. The van der Waals surface area contributed by atoms with Crippen LogP contribution in [0, 0.1) is 5.92 Å². The molecule has 1 aromatic rings. The molecule has 2 aliphatic rings. The highest BCUT2D eigenvalue weighted by molar-refractivity contribution is 9.10. The first-order valence-electron chi connectivity index (χ1n) is 13.1. The third-order valence-corrected chi connectivity index (χ3v) is 12.4. The van der Waals surface area contributed by atoms with Gasteiger partial charge in [-0.15, -0.1) is 0 Å². The van der Waals surface area contributed by atoms with Crippen molar-refractivity contribution in [1.82, 2.24) is 10.2 Å². The van der Waals surface area contributed by atoms with E-state index in [9.17, 15) is 9.59 Å². The molecule has 9 nitrogen and oxygen atoms in total. The van der Waals surface area contributed by atoms with Crippen molar-refractivity contribution >= 4 is 36.1 Å². The van der Waals surface area contributed by atoms with Gasteiger partial charge in [0.2, 0.25) is 11.8 Å². The summed E-state index contributed by atoms with van der Waals surface area (Å²) in [6, 6.07) is 6.84. The van der Waals surface area contributed by atoms with Crippen molar-refractivity contribution in [3.05, 3.63) is 28.7 Å². The van der Waals surface area contributed by atoms with Crippen LogP contribution >= 0.6 is 15.9 Å². The summed E-state index contributed by atoms with van der Waals surface area (Å²) < 4.78 is 30.5. The van der Waals surface area contributed by atoms with Crippen molar-refractivity contribution in [3.63, 3.8) is 0 Å². The van der Waals surface area contributed by atoms with Gasteiger partial charge in [0.05, 0.1) is 13.2 Å². The molecule has 2 aliphatic heterocycles. The lowest BCUT2D eigenvalue weighted by Gasteiger charge is -2.37. The van der Waals surface area contributed by atoms with E-state index < -0.39 is 26.3 Å². The number of amides is 2. The van der Waals surface area contributed by atoms with Crippen molar-refractivity contribution in [1.29, 1.82) is 0 Å². The van der Waals surface area contributed by atoms with Gasteiger partial charge in [0, 0.05) is 30.7 Å². The quantitative estimate of drug-likeness (QED) is 0.377. The number of methoxy groups -OCH3 is 1. The highest BCUT2D eigenvalue weighted by Gasteiger charge is 2.56. The van der Waals surface area contributed by atoms with E-state index in [-0.39, 0.29) is 42.0 Å². The Morgan fingerprint density at radius 3 is 2.58 bits per heavy atom. The molecule has 2 saturated heterocycles. The van der Waals surface area contributed by atoms with E-state index in [2.05, 4.69) is 55.1 Å². The first-order valence-corrected chi connectivity index (χ1v) is 16.8. The number of halogens is 1. The van der Waals surface area contributed by atoms with E-state index in [4.69, 9.17) is 23.4 Å². The molecule has 38 heavy (non-hydrogen) atoms. The van der Waals surface area contributed by atoms with Crippen LogP contribution < -0.4 is 10.1 Å². The summed E-state index contributed by atoms with van der Waals surface area (Å²) in [5, 5.41) is 3.11. The van der Waals surface area contributed by atoms with Crippen LogP contribution in [0.1, 0.15) is 34.6 Å². The molecule has 0 saturated carbocycles. The molecule has 2 heterocycles. The first-order chi connectivity index (χ1) is 17.6. The first kappa shape index (κ1) is 31.0. The molecule has 4 atom stereocenters. The third-order valence-electron chi connectivity index (χ3n) is 7.43. The smallest absolute Gasteiger partial charge is 0.249 e. The zero-order chi connectivity index (χ0) is 28.3. The van der Waals surface area contributed by atoms with Crippen molar-refractivity contribution in [2.75, 3.05) is 40.0 Å². The molecule has 0 unspecified atom stereocenters. The number of fused-ring (bicyclic) bond motifs is 1. The van der Waals surface area contributed by atoms with E-state index in [1.54, 1.807) is 0 Å². The second-order valence-corrected chi connectivity index (χ2v) is 17.7. The van der Waals surface area contributed by atoms with E-state index in [0.29, 0.717) is 19.8 Å². The van der Waals surface area contributed by atoms with Crippen LogP contribution in [0.25, 0.3) is 0 Å². The number of nitrogens with one attached hydrogen (secondary N) is 1. The van der Waals surface area contributed by atoms with Crippen LogP contribution in [0.4, 0.5) is 0 Å². The number of nitrogens with zero attached hydrogens (tertiary/aromatic N) is 1. The Labute approximate surface area is 236 Å². The molecule has 0 aromatic heterocycles. The highest BCUT2D eigenvalue weighted by Crippen LogP contribution is 2.38. The summed E-state index contributed by atoms with van der Waals surface area (Å²) >= 11 is 3.47. The minimum absolute atomic E-state index is 0.0552. The van der Waals surface area contributed by atoms with Gasteiger partial charge < -0.3 is 33.6 Å². The Kier molecular flexibility index (Phi) is 10.1. The van der Waals surface area contributed by atoms with Gasteiger partial charge in [-0.25, -0.2) is 0 Å². The second kappa shape index (κ2) is 12.3. The lowest BCUT2D eigenvalue weighted by Crippen LogP contribution is -2.53. The third kappa shape index (κ3) is 7.79. The van der Waals surface area contributed by atoms with Crippen molar-refractivity contribution in [2.45, 2.75) is 76.8 Å². The number of hydrogen-bond donors (Lipinski definition) is 1. The minimum Gasteiger partial charge on any atom is -0.493 e. The molecule has 0 radical (unpaired) electrons. The zero-order valence-electron chi connectivity index (χ0n) is 23.8. The second-order valence-electron chi connectivity index (χ2n) is 12.0. The number of carbonyl (C=O) groups excluding carboxylic acids is 2. The summed E-state index contributed by atoms with van der Waals surface area (Å²) in [5.74, 6) is -0.756. The monoisotopic (exact) mass is 614 g/mol. The topological polar surface area (TPSA) is 95.6 Å². The zero-order valence-corrected chi connectivity index (χ0v) is 26.4. The molecular formula is C27H43BrN2O7Si. The van der Waals surface area contributed by atoms with Crippen molar-refractivity contribution < 1.29 is 33.0 Å². The minimum atomic E-state index is -2.01. The Balaban J connectivity index is 1.71. The lowest BCUT2D eigenvalue weighted by atomic mass is 10.1. The maximum Gasteiger partial charge on any atom is 0.249 e. The van der Waals surface area contributed by atoms with Gasteiger partial charge in [-0.3, -0.25) is 9.59 Å². The molecule has 0 spiro atoms. The van der Waals surface area contributed by atoms with Gasteiger partial charge in [-0.2, -0.15) is 0 Å². The van der Waals surface area contributed by atoms with Crippen molar-refractivity contribution in [2.24, 2.45) is 5.92 Å². The number of carbonyl (C=O) groups is 2. The summed E-state index contributed by atoms with van der Waals surface area (Å²) in [7, 11) is -0.558. The van der Waals surface area contributed by atoms with E-state index >= 15 is 0 Å². The lowest BCUT2D eigenvalue weighted by molar-refractivity contribution is -0.171. The van der Waals surface area contributed by atoms with Crippen LogP contribution in [0.2, 0.25) is 18.1 Å². The average molecular weight is 616 g/mol. The average Bonchev–Trinajstić information content (AvgIpc) is 3.29. The molecule has 0 aliphatic carbocycles. The number of ether oxygens (including phenoxy) is 4. The highest BCUT2D eigenvalue weighted by atomic mass is 79.9. The van der Waals surface area contributed by atoms with Crippen LogP contribution in [0.3, 0.4) is 0 Å². The maximum atomic E-state index is 13.5. The normalized spacial score (nSPS) is 23.7. The summed E-state index contributed by atoms with van der Waals surface area (Å²) in [5.41, 5.74) is 0. The predicted molar refractivity (Wildman–Crippen MR) is 150 cm³/mol. The number of likely N-dealkylation sites (tertiary alicyclic amines) is 1. The molecular weight excluding hydrogens is 572 g/mol. The molecule has 3 rings (SSSR count). The van der Waals surface area contributed by atoms with E-state index in [0.717, 1.165) is 10.2 Å². The Morgan fingerprint density at radius 1 is 1.24 bits per heavy atom. The Bertz CT molecular complexity index is 984. The molecule has 1 N–H and O–H groups in total. The van der Waals surface area contributed by atoms with Crippen molar-refractivity contribution in [3.8, 4) is 5.75 Å². The standard InChI is InChI=1S/C27H43BrN2O7Si/c1-26(2,3)38(7,8)35-16-18(15-34-20-11-9-10-19(28)12-20)13-29-25(32)23-24-21(36-27(4,5)37-24)14-30(23)22(31)17-33-6/h9-12,18,21,23-24H,13-17H2,1-8H3,(H,29,32)/t18-,21-,23-,24-/m0/s1. The van der Waals surface area contributed by atoms with E-state index in [1.165, 1.54) is 12.0 Å². The predicted octanol–water partition coefficient (Wildman–Crippen LogP) is 3.96. The fraction of sp³-hybridized carbons (Fsp3) is 0.704. The van der Waals surface area contributed by atoms with Crippen LogP contribution in [0.5, 0.6) is 5.75 Å². The SMILES string of the molecule is COCC(=O)N1C[C@@H]2OC(C)(C)O[C@@H]2[C@H]1C(=O)NC[C@@H](COc1cccc(Br)c1)CO[Si](C)(C)C(C)(C)C. The van der Waals surface area contributed by atoms with Gasteiger partial charge in [0.15, 0.2) is 14.1 Å². The fourth-order valence-corrected chi connectivity index (χ4v) is 5.80. The van der Waals surface area contributed by atoms with Crippen LogP contribution in [0.15, 0.2) is 28.7 Å². The Morgan fingerprint density at radius 2 is 1.95 bits per heavy atom. The van der Waals surface area contributed by atoms with Gasteiger partial charge in [0.25, 0.3) is 0 Å². The number of hydrogen-bond acceptors (Lipinski definition) is 7. The van der Waals surface area contributed by atoms with Crippen LogP contribution in [-0.2, 0) is 28.2 Å². The number of benzene rings is 1. The van der Waals surface area contributed by atoms with Gasteiger partial charge >= 0.3 is 0 Å². The summed E-state index contributed by atoms with van der Waals surface area (Å²) in [4.78, 5) is 27.8. The fourth-order valence-electron chi connectivity index (χ4n) is 4.34. The van der Waals surface area contributed by atoms with Gasteiger partial charge in [-0.05, 0) is 50.2 Å². The van der Waals surface area contributed by atoms with Gasteiger partial charge in [-0.1, -0.05) is 42.8 Å². The van der Waals surface area contributed by atoms with Gasteiger partial charge in [0.1, 0.15) is 30.6 Å².